The number of hydrogen-bond donors (Lipinski definition) is 1. The number of alkyl halides is 3. The van der Waals surface area contributed by atoms with E-state index in [1.165, 1.54) is 24.3 Å². The highest BCUT2D eigenvalue weighted by Gasteiger charge is 2.34. The van der Waals surface area contributed by atoms with Crippen molar-refractivity contribution in [3.63, 3.8) is 0 Å². The zero-order valence-corrected chi connectivity index (χ0v) is 11.0. The third kappa shape index (κ3) is 6.06. The van der Waals surface area contributed by atoms with Crippen LogP contribution >= 0.6 is 0 Å². The standard InChI is InChI=1S/C11H13F3N4O3/c1-17(10-15-3-2-4-16-10)5-8(19)18(6-9(20)21)7-11(12,13)14/h2-4H,5-7H2,1H3,(H,20,21). The van der Waals surface area contributed by atoms with Gasteiger partial charge in [-0.1, -0.05) is 0 Å². The molecule has 1 aromatic rings. The average Bonchev–Trinajstić information content (AvgIpc) is 2.36. The summed E-state index contributed by atoms with van der Waals surface area (Å²) in [6, 6.07) is 1.54. The van der Waals surface area contributed by atoms with E-state index in [1.54, 1.807) is 6.07 Å². The number of aromatic nitrogens is 2. The summed E-state index contributed by atoms with van der Waals surface area (Å²) in [5.74, 6) is -2.36. The van der Waals surface area contributed by atoms with Gasteiger partial charge in [0.25, 0.3) is 0 Å². The fourth-order valence-corrected chi connectivity index (χ4v) is 1.47. The van der Waals surface area contributed by atoms with Crippen LogP contribution in [0, 0.1) is 0 Å². The summed E-state index contributed by atoms with van der Waals surface area (Å²) in [4.78, 5) is 31.5. The Morgan fingerprint density at radius 1 is 1.24 bits per heavy atom. The van der Waals surface area contributed by atoms with Crippen LogP contribution in [0.3, 0.4) is 0 Å². The lowest BCUT2D eigenvalue weighted by Gasteiger charge is -2.25. The second-order valence-electron chi connectivity index (χ2n) is 4.16. The quantitative estimate of drug-likeness (QED) is 0.818. The van der Waals surface area contributed by atoms with E-state index in [-0.39, 0.29) is 10.8 Å². The molecular formula is C11H13F3N4O3. The molecule has 0 aliphatic rings. The Labute approximate surface area is 118 Å². The Morgan fingerprint density at radius 2 is 1.81 bits per heavy atom. The smallest absolute Gasteiger partial charge is 0.406 e. The van der Waals surface area contributed by atoms with Crippen LogP contribution in [0.4, 0.5) is 19.1 Å². The summed E-state index contributed by atoms with van der Waals surface area (Å²) in [5, 5.41) is 8.58. The van der Waals surface area contributed by atoms with Crippen molar-refractivity contribution in [2.45, 2.75) is 6.18 Å². The predicted octanol–water partition coefficient (Wildman–Crippen LogP) is 0.388. The average molecular weight is 306 g/mol. The highest BCUT2D eigenvalue weighted by Crippen LogP contribution is 2.16. The minimum absolute atomic E-state index is 0.146. The molecule has 10 heteroatoms. The maximum absolute atomic E-state index is 12.4. The predicted molar refractivity (Wildman–Crippen MR) is 65.6 cm³/mol. The van der Waals surface area contributed by atoms with Gasteiger partial charge in [0.05, 0.1) is 6.54 Å². The number of carboxylic acids is 1. The molecule has 21 heavy (non-hydrogen) atoms. The van der Waals surface area contributed by atoms with Gasteiger partial charge in [0.15, 0.2) is 0 Å². The number of aliphatic carboxylic acids is 1. The zero-order chi connectivity index (χ0) is 16.0. The lowest BCUT2D eigenvalue weighted by atomic mass is 10.4. The van der Waals surface area contributed by atoms with Crippen molar-refractivity contribution in [2.75, 3.05) is 31.6 Å². The van der Waals surface area contributed by atoms with Crippen LogP contribution in [0.25, 0.3) is 0 Å². The molecule has 0 atom stereocenters. The van der Waals surface area contributed by atoms with Crippen LogP contribution < -0.4 is 4.90 Å². The Bertz CT molecular complexity index is 495. The fourth-order valence-electron chi connectivity index (χ4n) is 1.47. The van der Waals surface area contributed by atoms with E-state index < -0.39 is 37.7 Å². The number of hydrogen-bond acceptors (Lipinski definition) is 5. The van der Waals surface area contributed by atoms with E-state index in [4.69, 9.17) is 5.11 Å². The van der Waals surface area contributed by atoms with Crippen molar-refractivity contribution in [2.24, 2.45) is 0 Å². The molecule has 0 radical (unpaired) electrons. The summed E-state index contributed by atoms with van der Waals surface area (Å²) < 4.78 is 37.1. The number of nitrogens with zero attached hydrogens (tertiary/aromatic N) is 4. The molecule has 1 aromatic heterocycles. The number of anilines is 1. The number of carbonyl (C=O) groups is 2. The second kappa shape index (κ2) is 6.86. The van der Waals surface area contributed by atoms with Gasteiger partial charge in [0.1, 0.15) is 13.1 Å². The Hall–Kier alpha value is -2.39. The van der Waals surface area contributed by atoms with Crippen molar-refractivity contribution >= 4 is 17.8 Å². The number of halogens is 3. The first-order chi connectivity index (χ1) is 9.69. The Balaban J connectivity index is 2.74. The number of carboxylic acid groups (broad SMARTS) is 1. The van der Waals surface area contributed by atoms with E-state index in [9.17, 15) is 22.8 Å². The van der Waals surface area contributed by atoms with Gasteiger partial charge in [-0.25, -0.2) is 9.97 Å². The summed E-state index contributed by atoms with van der Waals surface area (Å²) >= 11 is 0. The third-order valence-corrected chi connectivity index (χ3v) is 2.31. The maximum atomic E-state index is 12.4. The minimum atomic E-state index is -4.67. The molecule has 0 saturated heterocycles. The van der Waals surface area contributed by atoms with Crippen molar-refractivity contribution in [3.05, 3.63) is 18.5 Å². The Morgan fingerprint density at radius 3 is 2.29 bits per heavy atom. The summed E-state index contributed by atoms with van der Waals surface area (Å²) in [6.45, 7) is -3.11. The monoisotopic (exact) mass is 306 g/mol. The van der Waals surface area contributed by atoms with Gasteiger partial charge < -0.3 is 14.9 Å². The molecule has 0 saturated carbocycles. The summed E-state index contributed by atoms with van der Waals surface area (Å²) in [6.07, 6.45) is -1.85. The fraction of sp³-hybridized carbons (Fsp3) is 0.455. The van der Waals surface area contributed by atoms with Crippen LogP contribution in [0.2, 0.25) is 0 Å². The van der Waals surface area contributed by atoms with Crippen molar-refractivity contribution < 1.29 is 27.9 Å². The van der Waals surface area contributed by atoms with Gasteiger partial charge >= 0.3 is 12.1 Å². The van der Waals surface area contributed by atoms with Crippen LogP contribution in [0.5, 0.6) is 0 Å². The van der Waals surface area contributed by atoms with Crippen molar-refractivity contribution in [1.82, 2.24) is 14.9 Å². The molecule has 0 spiro atoms. The number of amides is 1. The van der Waals surface area contributed by atoms with Gasteiger partial charge in [-0.05, 0) is 6.07 Å². The van der Waals surface area contributed by atoms with Gasteiger partial charge in [-0.3, -0.25) is 9.59 Å². The highest BCUT2D eigenvalue weighted by atomic mass is 19.4. The van der Waals surface area contributed by atoms with Crippen LogP contribution in [-0.4, -0.2) is 64.7 Å². The molecule has 1 N–H and O–H groups in total. The van der Waals surface area contributed by atoms with Gasteiger partial charge in [0, 0.05) is 19.4 Å². The third-order valence-electron chi connectivity index (χ3n) is 2.31. The first-order valence-corrected chi connectivity index (χ1v) is 5.73. The van der Waals surface area contributed by atoms with Gasteiger partial charge in [0.2, 0.25) is 11.9 Å². The zero-order valence-electron chi connectivity index (χ0n) is 11.0. The molecule has 116 valence electrons. The van der Waals surface area contributed by atoms with E-state index in [2.05, 4.69) is 9.97 Å². The summed E-state index contributed by atoms with van der Waals surface area (Å²) in [5.41, 5.74) is 0. The number of likely N-dealkylation sites (N-methyl/N-ethyl adjacent to an activating group) is 1. The molecule has 0 unspecified atom stereocenters. The lowest BCUT2D eigenvalue weighted by molar-refractivity contribution is -0.165. The topological polar surface area (TPSA) is 86.6 Å². The second-order valence-corrected chi connectivity index (χ2v) is 4.16. The normalized spacial score (nSPS) is 11.0. The number of rotatable bonds is 6. The van der Waals surface area contributed by atoms with E-state index >= 15 is 0 Å². The summed E-state index contributed by atoms with van der Waals surface area (Å²) in [7, 11) is 1.42. The SMILES string of the molecule is CN(CC(=O)N(CC(=O)O)CC(F)(F)F)c1ncccn1. The first kappa shape index (κ1) is 16.7. The van der Waals surface area contributed by atoms with Gasteiger partial charge in [-0.2, -0.15) is 13.2 Å². The maximum Gasteiger partial charge on any atom is 0.406 e. The molecule has 7 nitrogen and oxygen atoms in total. The molecule has 0 bridgehead atoms. The molecule has 0 fully saturated rings. The van der Waals surface area contributed by atoms with Crippen LogP contribution in [0.1, 0.15) is 0 Å². The molecule has 0 aliphatic carbocycles. The molecule has 1 amide bonds. The number of carbonyl (C=O) groups excluding carboxylic acids is 1. The van der Waals surface area contributed by atoms with E-state index in [1.807, 2.05) is 0 Å². The lowest BCUT2D eigenvalue weighted by Crippen LogP contribution is -2.46. The molecular weight excluding hydrogens is 293 g/mol. The van der Waals surface area contributed by atoms with Crippen molar-refractivity contribution in [1.29, 1.82) is 0 Å². The first-order valence-electron chi connectivity index (χ1n) is 5.73. The molecule has 1 heterocycles. The molecule has 0 aliphatic heterocycles. The van der Waals surface area contributed by atoms with Crippen LogP contribution in [-0.2, 0) is 9.59 Å². The van der Waals surface area contributed by atoms with Gasteiger partial charge in [-0.15, -0.1) is 0 Å². The highest BCUT2D eigenvalue weighted by molar-refractivity contribution is 5.84. The van der Waals surface area contributed by atoms with E-state index in [0.29, 0.717) is 0 Å². The van der Waals surface area contributed by atoms with E-state index in [0.717, 1.165) is 0 Å². The largest absolute Gasteiger partial charge is 0.480 e. The molecule has 1 rings (SSSR count). The Kier molecular flexibility index (Phi) is 5.44. The minimum Gasteiger partial charge on any atom is -0.480 e. The molecule has 0 aromatic carbocycles. The van der Waals surface area contributed by atoms with Crippen molar-refractivity contribution in [3.8, 4) is 0 Å². The van der Waals surface area contributed by atoms with Crippen LogP contribution in [0.15, 0.2) is 18.5 Å².